The smallest absolute Gasteiger partial charge is 0.207 e. The number of nitrogens with one attached hydrogen (secondary N) is 1. The van der Waals surface area contributed by atoms with E-state index in [-0.39, 0.29) is 11.5 Å². The fourth-order valence-electron chi connectivity index (χ4n) is 3.79. The number of carbonyl (C=O) groups is 1. The molecule has 34 heavy (non-hydrogen) atoms. The summed E-state index contributed by atoms with van der Waals surface area (Å²) in [6, 6.07) is 18.3. The molecule has 0 atom stereocenters. The molecule has 0 radical (unpaired) electrons. The number of hydrogen-bond donors (Lipinski definition) is 2. The monoisotopic (exact) mass is 475 g/mol. The van der Waals surface area contributed by atoms with Crippen molar-refractivity contribution in [2.75, 3.05) is 19.7 Å². The molecule has 0 spiro atoms. The summed E-state index contributed by atoms with van der Waals surface area (Å²) in [7, 11) is 0. The second-order valence-corrected chi connectivity index (χ2v) is 9.27. The second-order valence-electron chi connectivity index (χ2n) is 8.22. The van der Waals surface area contributed by atoms with Crippen molar-refractivity contribution in [1.29, 1.82) is 0 Å². The molecule has 4 aromatic rings. The van der Waals surface area contributed by atoms with Crippen molar-refractivity contribution in [2.45, 2.75) is 27.2 Å². The first-order valence-corrected chi connectivity index (χ1v) is 12.3. The number of aromatic hydroxyl groups is 1. The van der Waals surface area contributed by atoms with E-state index < -0.39 is 0 Å². The van der Waals surface area contributed by atoms with E-state index in [0.29, 0.717) is 28.5 Å². The Bertz CT molecular complexity index is 1290. The van der Waals surface area contributed by atoms with E-state index >= 15 is 0 Å². The Kier molecular flexibility index (Phi) is 7.50. The summed E-state index contributed by atoms with van der Waals surface area (Å²) < 4.78 is 12.9. The highest BCUT2D eigenvalue weighted by molar-refractivity contribution is 7.21. The molecule has 1 heterocycles. The Morgan fingerprint density at radius 3 is 2.50 bits per heavy atom. The quantitative estimate of drug-likeness (QED) is 0.199. The number of hydrogen-bond acceptors (Lipinski definition) is 6. The molecule has 0 fully saturated rings. The summed E-state index contributed by atoms with van der Waals surface area (Å²) >= 11 is 1.33. The number of fused-ring (bicyclic) bond motifs is 1. The number of aryl methyl sites for hydroxylation is 2. The SMILES string of the molecule is CCNCCCOc1ccc(Oc2c(C(=O)c3ccc(C)cc3C)sc3cc(O)ccc23)cc1. The minimum atomic E-state index is -0.0890. The van der Waals surface area contributed by atoms with E-state index in [1.807, 2.05) is 56.3 Å². The zero-order chi connectivity index (χ0) is 24.1. The van der Waals surface area contributed by atoms with Gasteiger partial charge in [-0.1, -0.05) is 30.7 Å². The van der Waals surface area contributed by atoms with Crippen LogP contribution in [-0.4, -0.2) is 30.6 Å². The Morgan fingerprint density at radius 1 is 1.00 bits per heavy atom. The van der Waals surface area contributed by atoms with Crippen molar-refractivity contribution in [1.82, 2.24) is 5.32 Å². The minimum absolute atomic E-state index is 0.0890. The first kappa shape index (κ1) is 23.8. The van der Waals surface area contributed by atoms with E-state index in [0.717, 1.165) is 46.5 Å². The summed E-state index contributed by atoms with van der Waals surface area (Å²) in [5.74, 6) is 1.96. The maximum atomic E-state index is 13.5. The average Bonchev–Trinajstić information content (AvgIpc) is 3.17. The van der Waals surface area contributed by atoms with Gasteiger partial charge >= 0.3 is 0 Å². The van der Waals surface area contributed by atoms with E-state index in [9.17, 15) is 9.90 Å². The highest BCUT2D eigenvalue weighted by atomic mass is 32.1. The van der Waals surface area contributed by atoms with Crippen LogP contribution in [0.2, 0.25) is 0 Å². The molecule has 0 aliphatic carbocycles. The lowest BCUT2D eigenvalue weighted by Crippen LogP contribution is -2.16. The van der Waals surface area contributed by atoms with Crippen LogP contribution in [0.25, 0.3) is 10.1 Å². The van der Waals surface area contributed by atoms with Gasteiger partial charge in [0.1, 0.15) is 22.1 Å². The molecule has 0 amide bonds. The Labute approximate surface area is 204 Å². The molecule has 0 saturated heterocycles. The zero-order valence-corrected chi connectivity index (χ0v) is 20.5. The number of thiophene rings is 1. The largest absolute Gasteiger partial charge is 0.508 e. The van der Waals surface area contributed by atoms with Crippen molar-refractivity contribution in [3.8, 4) is 23.0 Å². The van der Waals surface area contributed by atoms with Gasteiger partial charge in [0.2, 0.25) is 5.78 Å². The number of benzene rings is 3. The highest BCUT2D eigenvalue weighted by Gasteiger charge is 2.23. The fourth-order valence-corrected chi connectivity index (χ4v) is 4.91. The number of rotatable bonds is 10. The number of phenols is 1. The van der Waals surface area contributed by atoms with Crippen LogP contribution in [0, 0.1) is 13.8 Å². The lowest BCUT2D eigenvalue weighted by Gasteiger charge is -2.11. The van der Waals surface area contributed by atoms with Crippen molar-refractivity contribution < 1.29 is 19.4 Å². The third-order valence-electron chi connectivity index (χ3n) is 5.52. The predicted octanol–water partition coefficient (Wildman–Crippen LogP) is 6.63. The fraction of sp³-hybridized carbons (Fsp3) is 0.250. The molecule has 1 aromatic heterocycles. The third kappa shape index (κ3) is 5.41. The van der Waals surface area contributed by atoms with Gasteiger partial charge in [0.15, 0.2) is 5.75 Å². The summed E-state index contributed by atoms with van der Waals surface area (Å²) in [6.07, 6.45) is 0.934. The number of phenolic OH excluding ortho intramolecular Hbond substituents is 1. The summed E-state index contributed by atoms with van der Waals surface area (Å²) in [5, 5.41) is 14.0. The van der Waals surface area contributed by atoms with E-state index in [2.05, 4.69) is 12.2 Å². The molecule has 0 aliphatic heterocycles. The van der Waals surface area contributed by atoms with Gasteiger partial charge in [-0.3, -0.25) is 4.79 Å². The van der Waals surface area contributed by atoms with E-state index in [1.165, 1.54) is 11.3 Å². The Morgan fingerprint density at radius 2 is 1.76 bits per heavy atom. The topological polar surface area (TPSA) is 67.8 Å². The van der Waals surface area contributed by atoms with Crippen LogP contribution in [0.15, 0.2) is 60.7 Å². The lowest BCUT2D eigenvalue weighted by molar-refractivity contribution is 0.104. The van der Waals surface area contributed by atoms with Gasteiger partial charge in [0.25, 0.3) is 0 Å². The maximum absolute atomic E-state index is 13.5. The van der Waals surface area contributed by atoms with Crippen LogP contribution in [-0.2, 0) is 0 Å². The highest BCUT2D eigenvalue weighted by Crippen LogP contribution is 2.43. The van der Waals surface area contributed by atoms with Crippen LogP contribution in [0.4, 0.5) is 0 Å². The zero-order valence-electron chi connectivity index (χ0n) is 19.7. The van der Waals surface area contributed by atoms with Gasteiger partial charge in [0.05, 0.1) is 6.61 Å². The Hall–Kier alpha value is -3.35. The molecule has 176 valence electrons. The van der Waals surface area contributed by atoms with Crippen LogP contribution in [0.1, 0.15) is 39.7 Å². The number of carbonyl (C=O) groups excluding carboxylic acids is 1. The molecule has 0 bridgehead atoms. The summed E-state index contributed by atoms with van der Waals surface area (Å²) in [4.78, 5) is 14.0. The minimum Gasteiger partial charge on any atom is -0.508 e. The molecule has 4 rings (SSSR count). The van der Waals surface area contributed by atoms with E-state index in [4.69, 9.17) is 9.47 Å². The molecule has 0 saturated carbocycles. The Balaban J connectivity index is 1.61. The molecule has 2 N–H and O–H groups in total. The van der Waals surface area contributed by atoms with Crippen LogP contribution in [0.3, 0.4) is 0 Å². The van der Waals surface area contributed by atoms with E-state index in [1.54, 1.807) is 18.2 Å². The standard InChI is InChI=1S/C28H29NO4S/c1-4-29-14-5-15-32-21-8-10-22(11-9-21)33-27-24-13-7-20(30)17-25(24)34-28(27)26(31)23-12-6-18(2)16-19(23)3/h6-13,16-17,29-30H,4-5,14-15H2,1-3H3. The van der Waals surface area contributed by atoms with Crippen LogP contribution >= 0.6 is 11.3 Å². The number of ether oxygens (including phenoxy) is 2. The summed E-state index contributed by atoms with van der Waals surface area (Å²) in [5.41, 5.74) is 2.68. The lowest BCUT2D eigenvalue weighted by atomic mass is 10.0. The molecule has 0 aliphatic rings. The third-order valence-corrected chi connectivity index (χ3v) is 6.65. The molecule has 0 unspecified atom stereocenters. The van der Waals surface area contributed by atoms with Gasteiger partial charge in [-0.05, 0) is 81.4 Å². The molecule has 6 heteroatoms. The first-order valence-electron chi connectivity index (χ1n) is 11.4. The van der Waals surface area contributed by atoms with Gasteiger partial charge < -0.3 is 19.9 Å². The van der Waals surface area contributed by atoms with Crippen molar-refractivity contribution in [2.24, 2.45) is 0 Å². The first-order chi connectivity index (χ1) is 16.5. The van der Waals surface area contributed by atoms with Crippen LogP contribution < -0.4 is 14.8 Å². The van der Waals surface area contributed by atoms with Gasteiger partial charge in [-0.15, -0.1) is 11.3 Å². The molecule has 3 aromatic carbocycles. The summed E-state index contributed by atoms with van der Waals surface area (Å²) in [6.45, 7) is 8.55. The van der Waals surface area contributed by atoms with Gasteiger partial charge in [-0.2, -0.15) is 0 Å². The molecule has 5 nitrogen and oxygen atoms in total. The molecular weight excluding hydrogens is 446 g/mol. The number of ketones is 1. The normalized spacial score (nSPS) is 11.0. The van der Waals surface area contributed by atoms with Crippen molar-refractivity contribution in [3.05, 3.63) is 82.2 Å². The van der Waals surface area contributed by atoms with Crippen molar-refractivity contribution >= 4 is 27.2 Å². The maximum Gasteiger partial charge on any atom is 0.207 e. The molecular formula is C28H29NO4S. The van der Waals surface area contributed by atoms with Gasteiger partial charge in [0, 0.05) is 15.6 Å². The van der Waals surface area contributed by atoms with Crippen molar-refractivity contribution in [3.63, 3.8) is 0 Å². The van der Waals surface area contributed by atoms with Crippen LogP contribution in [0.5, 0.6) is 23.0 Å². The average molecular weight is 476 g/mol. The second kappa shape index (κ2) is 10.7. The predicted molar refractivity (Wildman–Crippen MR) is 138 cm³/mol. The van der Waals surface area contributed by atoms with Gasteiger partial charge in [-0.25, -0.2) is 0 Å².